The van der Waals surface area contributed by atoms with E-state index in [9.17, 15) is 0 Å². The average molecular weight is 375 g/mol. The first kappa shape index (κ1) is 21.5. The number of nitrogens with zero attached hydrogens (tertiary/aromatic N) is 2. The van der Waals surface area contributed by atoms with Gasteiger partial charge < -0.3 is 20.3 Å². The Bertz CT molecular complexity index is 548. The molecule has 0 radical (unpaired) electrons. The van der Waals surface area contributed by atoms with E-state index in [2.05, 4.69) is 65.6 Å². The minimum absolute atomic E-state index is 0.519. The zero-order valence-corrected chi connectivity index (χ0v) is 17.6. The van der Waals surface area contributed by atoms with Gasteiger partial charge in [0, 0.05) is 38.8 Å². The number of aliphatic imine (C=N–C) groups is 1. The van der Waals surface area contributed by atoms with Crippen molar-refractivity contribution in [2.75, 3.05) is 33.3 Å². The summed E-state index contributed by atoms with van der Waals surface area (Å²) in [6.07, 6.45) is 5.60. The molecule has 1 aliphatic heterocycles. The van der Waals surface area contributed by atoms with Gasteiger partial charge in [-0.3, -0.25) is 4.99 Å². The Hall–Kier alpha value is -1.75. The second-order valence-corrected chi connectivity index (χ2v) is 7.64. The van der Waals surface area contributed by atoms with Gasteiger partial charge in [-0.2, -0.15) is 0 Å². The van der Waals surface area contributed by atoms with Crippen molar-refractivity contribution in [1.29, 1.82) is 0 Å². The molecule has 0 spiro atoms. The summed E-state index contributed by atoms with van der Waals surface area (Å²) in [6, 6.07) is 9.61. The molecule has 1 fully saturated rings. The van der Waals surface area contributed by atoms with Crippen LogP contribution in [-0.4, -0.2) is 56.2 Å². The Kier molecular flexibility index (Phi) is 9.46. The first-order valence-electron chi connectivity index (χ1n) is 10.5. The van der Waals surface area contributed by atoms with Crippen molar-refractivity contribution in [2.24, 2.45) is 4.99 Å². The zero-order valence-electron chi connectivity index (χ0n) is 17.6. The average Bonchev–Trinajstić information content (AvgIpc) is 2.69. The van der Waals surface area contributed by atoms with Gasteiger partial charge in [-0.1, -0.05) is 25.5 Å². The summed E-state index contributed by atoms with van der Waals surface area (Å²) in [5.41, 5.74) is 1.31. The van der Waals surface area contributed by atoms with Gasteiger partial charge in [0.05, 0.1) is 6.61 Å². The lowest BCUT2D eigenvalue weighted by Gasteiger charge is -2.35. The molecule has 152 valence electrons. The molecular weight excluding hydrogens is 336 g/mol. The van der Waals surface area contributed by atoms with Gasteiger partial charge in [0.2, 0.25) is 0 Å². The lowest BCUT2D eigenvalue weighted by atomic mass is 10.0. The van der Waals surface area contributed by atoms with Crippen LogP contribution in [-0.2, 0) is 6.42 Å². The van der Waals surface area contributed by atoms with Crippen LogP contribution in [0.5, 0.6) is 5.75 Å². The van der Waals surface area contributed by atoms with Crippen molar-refractivity contribution in [1.82, 2.24) is 15.5 Å². The zero-order chi connectivity index (χ0) is 19.5. The fourth-order valence-electron chi connectivity index (χ4n) is 3.36. The third-order valence-electron chi connectivity index (χ3n) is 5.22. The number of unbranched alkanes of at least 4 members (excludes halogenated alkanes) is 1. The fourth-order valence-corrected chi connectivity index (χ4v) is 3.36. The monoisotopic (exact) mass is 374 g/mol. The largest absolute Gasteiger partial charge is 0.494 e. The molecule has 5 heteroatoms. The quantitative estimate of drug-likeness (QED) is 0.395. The summed E-state index contributed by atoms with van der Waals surface area (Å²) in [4.78, 5) is 6.93. The minimum Gasteiger partial charge on any atom is -0.494 e. The van der Waals surface area contributed by atoms with Gasteiger partial charge in [-0.05, 0) is 57.2 Å². The van der Waals surface area contributed by atoms with E-state index in [1.807, 2.05) is 7.05 Å². The van der Waals surface area contributed by atoms with Crippen molar-refractivity contribution in [3.8, 4) is 5.75 Å². The number of benzene rings is 1. The van der Waals surface area contributed by atoms with E-state index in [0.717, 1.165) is 44.1 Å². The molecule has 27 heavy (non-hydrogen) atoms. The predicted molar refractivity (Wildman–Crippen MR) is 115 cm³/mol. The van der Waals surface area contributed by atoms with E-state index in [4.69, 9.17) is 4.74 Å². The maximum Gasteiger partial charge on any atom is 0.191 e. The molecule has 0 saturated carbocycles. The minimum atomic E-state index is 0.519. The van der Waals surface area contributed by atoms with Gasteiger partial charge in [0.15, 0.2) is 5.96 Å². The van der Waals surface area contributed by atoms with Crippen LogP contribution < -0.4 is 15.4 Å². The van der Waals surface area contributed by atoms with Crippen LogP contribution >= 0.6 is 0 Å². The Morgan fingerprint density at radius 3 is 2.52 bits per heavy atom. The molecule has 1 aliphatic rings. The van der Waals surface area contributed by atoms with Crippen molar-refractivity contribution in [3.05, 3.63) is 29.8 Å². The van der Waals surface area contributed by atoms with Gasteiger partial charge in [0.25, 0.3) is 0 Å². The fraction of sp³-hybridized carbons (Fsp3) is 0.682. The van der Waals surface area contributed by atoms with Gasteiger partial charge >= 0.3 is 0 Å². The molecule has 2 rings (SSSR count). The first-order valence-corrected chi connectivity index (χ1v) is 10.5. The predicted octanol–water partition coefficient (Wildman–Crippen LogP) is 3.45. The maximum atomic E-state index is 5.72. The molecule has 0 atom stereocenters. The second-order valence-electron chi connectivity index (χ2n) is 7.64. The highest BCUT2D eigenvalue weighted by Crippen LogP contribution is 2.14. The molecule has 1 heterocycles. The number of hydrogen-bond acceptors (Lipinski definition) is 3. The molecule has 5 nitrogen and oxygen atoms in total. The standard InChI is InChI=1S/C22H38N4O/c1-5-6-17-27-21-9-7-19(8-10-21)11-14-24-22(23-4)25-20-12-15-26(16-13-20)18(2)3/h7-10,18,20H,5-6,11-17H2,1-4H3,(H2,23,24,25). The summed E-state index contributed by atoms with van der Waals surface area (Å²) in [6.45, 7) is 10.7. The summed E-state index contributed by atoms with van der Waals surface area (Å²) in [7, 11) is 1.85. The van der Waals surface area contributed by atoms with E-state index < -0.39 is 0 Å². The second kappa shape index (κ2) is 11.9. The molecule has 0 aliphatic carbocycles. The van der Waals surface area contributed by atoms with Crippen molar-refractivity contribution in [3.63, 3.8) is 0 Å². The van der Waals surface area contributed by atoms with E-state index in [0.29, 0.717) is 12.1 Å². The lowest BCUT2D eigenvalue weighted by Crippen LogP contribution is -2.50. The lowest BCUT2D eigenvalue weighted by molar-refractivity contribution is 0.167. The first-order chi connectivity index (χ1) is 13.1. The summed E-state index contributed by atoms with van der Waals surface area (Å²) in [5.74, 6) is 1.88. The van der Waals surface area contributed by atoms with Crippen molar-refractivity contribution >= 4 is 5.96 Å². The van der Waals surface area contributed by atoms with E-state index in [1.165, 1.54) is 31.5 Å². The number of likely N-dealkylation sites (tertiary alicyclic amines) is 1. The molecule has 0 bridgehead atoms. The third-order valence-corrected chi connectivity index (χ3v) is 5.22. The summed E-state index contributed by atoms with van der Waals surface area (Å²) >= 11 is 0. The smallest absolute Gasteiger partial charge is 0.191 e. The highest BCUT2D eigenvalue weighted by atomic mass is 16.5. The summed E-state index contributed by atoms with van der Waals surface area (Å²) < 4.78 is 5.72. The molecule has 0 unspecified atom stereocenters. The number of rotatable bonds is 9. The Morgan fingerprint density at radius 2 is 1.93 bits per heavy atom. The molecule has 1 aromatic rings. The number of piperidine rings is 1. The van der Waals surface area contributed by atoms with Gasteiger partial charge in [-0.25, -0.2) is 0 Å². The molecule has 2 N–H and O–H groups in total. The topological polar surface area (TPSA) is 48.9 Å². The van der Waals surface area contributed by atoms with Crippen LogP contribution in [0.15, 0.2) is 29.3 Å². The highest BCUT2D eigenvalue weighted by molar-refractivity contribution is 5.79. The maximum absolute atomic E-state index is 5.72. The normalized spacial score (nSPS) is 16.6. The van der Waals surface area contributed by atoms with Crippen molar-refractivity contribution < 1.29 is 4.74 Å². The molecule has 1 aromatic carbocycles. The number of hydrogen-bond donors (Lipinski definition) is 2. The molecule has 0 amide bonds. The van der Waals surface area contributed by atoms with E-state index in [-0.39, 0.29) is 0 Å². The van der Waals surface area contributed by atoms with E-state index >= 15 is 0 Å². The number of nitrogens with one attached hydrogen (secondary N) is 2. The summed E-state index contributed by atoms with van der Waals surface area (Å²) in [5, 5.41) is 7.03. The molecule has 1 saturated heterocycles. The number of guanidine groups is 1. The van der Waals surface area contributed by atoms with E-state index in [1.54, 1.807) is 0 Å². The Labute approximate surface area is 165 Å². The van der Waals surface area contributed by atoms with Crippen LogP contribution in [0.25, 0.3) is 0 Å². The molecule has 0 aromatic heterocycles. The Morgan fingerprint density at radius 1 is 1.22 bits per heavy atom. The molecular formula is C22H38N4O. The van der Waals surface area contributed by atoms with Crippen molar-refractivity contribution in [2.45, 2.75) is 65.0 Å². The van der Waals surface area contributed by atoms with Crippen LogP contribution in [0.1, 0.15) is 52.0 Å². The van der Waals surface area contributed by atoms with Crippen LogP contribution in [0.4, 0.5) is 0 Å². The van der Waals surface area contributed by atoms with Crippen LogP contribution in [0.3, 0.4) is 0 Å². The highest BCUT2D eigenvalue weighted by Gasteiger charge is 2.21. The number of ether oxygens (including phenoxy) is 1. The Balaban J connectivity index is 1.67. The van der Waals surface area contributed by atoms with Gasteiger partial charge in [0.1, 0.15) is 5.75 Å². The van der Waals surface area contributed by atoms with Crippen LogP contribution in [0.2, 0.25) is 0 Å². The van der Waals surface area contributed by atoms with Crippen LogP contribution in [0, 0.1) is 0 Å². The third kappa shape index (κ3) is 7.79. The SMILES string of the molecule is CCCCOc1ccc(CCNC(=NC)NC2CCN(C(C)C)CC2)cc1. The van der Waals surface area contributed by atoms with Gasteiger partial charge in [-0.15, -0.1) is 0 Å².